The van der Waals surface area contributed by atoms with Gasteiger partial charge in [-0.05, 0) is 48.9 Å². The van der Waals surface area contributed by atoms with Gasteiger partial charge in [0.05, 0.1) is 6.04 Å². The molecule has 2 amide bonds. The molecule has 11 heteroatoms. The first-order valence-corrected chi connectivity index (χ1v) is 14.3. The number of thioether (sulfide) groups is 1. The van der Waals surface area contributed by atoms with E-state index in [1.165, 1.54) is 28.7 Å². The highest BCUT2D eigenvalue weighted by Crippen LogP contribution is 2.44. The standard InChI is InChI=1S/C29H26F2N4O4S/c30-21-8-7-18-20(24(21)31)13-40-23-4-2-1-3-19(23)25(18)35-14-33(17-11-16(12-17)32-28(38)15-5-6-15)29(39)26-27(37)22(36)9-10-34(26)35/h1-4,7-10,15-17,25,37H,5-6,11-14H2,(H,32,38)/t16?,17?,25-/m0/s1. The molecule has 2 aromatic carbocycles. The summed E-state index contributed by atoms with van der Waals surface area (Å²) in [5, 5.41) is 15.7. The van der Waals surface area contributed by atoms with Gasteiger partial charge >= 0.3 is 0 Å². The fourth-order valence-corrected chi connectivity index (χ4v) is 7.07. The van der Waals surface area contributed by atoms with E-state index in [4.69, 9.17) is 0 Å². The minimum atomic E-state index is -0.935. The third-order valence-corrected chi connectivity index (χ3v) is 9.47. The van der Waals surface area contributed by atoms with E-state index in [0.717, 1.165) is 29.4 Å². The quantitative estimate of drug-likeness (QED) is 0.503. The van der Waals surface area contributed by atoms with Gasteiger partial charge in [-0.2, -0.15) is 0 Å². The number of aromatic hydroxyl groups is 1. The summed E-state index contributed by atoms with van der Waals surface area (Å²) in [6.45, 7) is 0.0736. The molecule has 0 saturated heterocycles. The Morgan fingerprint density at radius 2 is 1.80 bits per heavy atom. The van der Waals surface area contributed by atoms with E-state index in [2.05, 4.69) is 5.32 Å². The average molecular weight is 565 g/mol. The molecule has 2 saturated carbocycles. The lowest BCUT2D eigenvalue weighted by Crippen LogP contribution is -2.63. The molecule has 7 rings (SSSR count). The lowest BCUT2D eigenvalue weighted by molar-refractivity contribution is -0.123. The molecule has 206 valence electrons. The molecule has 2 N–H and O–H groups in total. The van der Waals surface area contributed by atoms with E-state index in [1.54, 1.807) is 11.0 Å². The number of hydrogen-bond donors (Lipinski definition) is 2. The van der Waals surface area contributed by atoms with Gasteiger partial charge in [-0.3, -0.25) is 24.1 Å². The van der Waals surface area contributed by atoms with Crippen LogP contribution < -0.4 is 15.8 Å². The number of carbonyl (C=O) groups excluding carboxylic acids is 2. The number of pyridine rings is 1. The van der Waals surface area contributed by atoms with Crippen LogP contribution in [0.1, 0.15) is 58.9 Å². The van der Waals surface area contributed by atoms with Gasteiger partial charge in [-0.25, -0.2) is 8.78 Å². The van der Waals surface area contributed by atoms with Crippen molar-refractivity contribution in [2.45, 2.75) is 54.5 Å². The van der Waals surface area contributed by atoms with Crippen molar-refractivity contribution >= 4 is 23.6 Å². The predicted molar refractivity (Wildman–Crippen MR) is 144 cm³/mol. The fourth-order valence-electron chi connectivity index (χ4n) is 5.95. The van der Waals surface area contributed by atoms with Gasteiger partial charge in [0.15, 0.2) is 23.1 Å². The Balaban J connectivity index is 1.32. The molecule has 0 spiro atoms. The van der Waals surface area contributed by atoms with Crippen LogP contribution in [0.5, 0.6) is 5.75 Å². The predicted octanol–water partition coefficient (Wildman–Crippen LogP) is 3.64. The van der Waals surface area contributed by atoms with Crippen LogP contribution >= 0.6 is 11.8 Å². The summed E-state index contributed by atoms with van der Waals surface area (Å²) in [6, 6.07) is 10.5. The number of fused-ring (bicyclic) bond motifs is 3. The topological polar surface area (TPSA) is 94.9 Å². The number of nitrogens with one attached hydrogen (secondary N) is 1. The van der Waals surface area contributed by atoms with Crippen molar-refractivity contribution < 1.29 is 23.5 Å². The molecule has 0 unspecified atom stereocenters. The minimum Gasteiger partial charge on any atom is -0.502 e. The van der Waals surface area contributed by atoms with Crippen LogP contribution in [0.25, 0.3) is 0 Å². The zero-order chi connectivity index (χ0) is 27.7. The van der Waals surface area contributed by atoms with Crippen molar-refractivity contribution in [2.75, 3.05) is 11.7 Å². The molecule has 3 aromatic rings. The lowest BCUT2D eigenvalue weighted by atomic mass is 9.85. The van der Waals surface area contributed by atoms with E-state index in [9.17, 15) is 23.9 Å². The SMILES string of the molecule is O=C(NC1CC(N2CN([C@@H]3c4ccccc4SCc4c3ccc(F)c4F)n3ccc(=O)c(O)c3C2=O)C1)C1CC1. The molecule has 3 heterocycles. The summed E-state index contributed by atoms with van der Waals surface area (Å²) in [6.07, 6.45) is 4.33. The van der Waals surface area contributed by atoms with Gasteiger partial charge in [0.25, 0.3) is 5.91 Å². The summed E-state index contributed by atoms with van der Waals surface area (Å²) < 4.78 is 31.0. The molecule has 1 aromatic heterocycles. The number of aromatic nitrogens is 1. The molecular weight excluding hydrogens is 538 g/mol. The Labute approximate surface area is 232 Å². The van der Waals surface area contributed by atoms with Crippen LogP contribution in [0.3, 0.4) is 0 Å². The van der Waals surface area contributed by atoms with E-state index >= 15 is 4.39 Å². The summed E-state index contributed by atoms with van der Waals surface area (Å²) in [4.78, 5) is 40.9. The Kier molecular flexibility index (Phi) is 5.88. The number of halogens is 2. The number of carbonyl (C=O) groups is 2. The van der Waals surface area contributed by atoms with Crippen molar-refractivity contribution in [1.82, 2.24) is 14.9 Å². The van der Waals surface area contributed by atoms with Crippen molar-refractivity contribution in [3.8, 4) is 5.75 Å². The number of hydrogen-bond acceptors (Lipinski definition) is 6. The molecule has 40 heavy (non-hydrogen) atoms. The van der Waals surface area contributed by atoms with Crippen LogP contribution in [0.4, 0.5) is 8.78 Å². The maximum absolute atomic E-state index is 15.2. The summed E-state index contributed by atoms with van der Waals surface area (Å²) in [5.41, 5.74) is 0.738. The highest BCUT2D eigenvalue weighted by molar-refractivity contribution is 7.98. The Morgan fingerprint density at radius 1 is 1.02 bits per heavy atom. The Bertz CT molecular complexity index is 1620. The molecule has 2 aliphatic carbocycles. The van der Waals surface area contributed by atoms with Crippen molar-refractivity contribution in [3.05, 3.63) is 92.9 Å². The Hall–Kier alpha value is -3.86. The third-order valence-electron chi connectivity index (χ3n) is 8.35. The van der Waals surface area contributed by atoms with Gasteiger partial charge in [0.1, 0.15) is 6.67 Å². The second-order valence-electron chi connectivity index (χ2n) is 10.8. The number of amides is 2. The largest absolute Gasteiger partial charge is 0.502 e. The molecular formula is C29H26F2N4O4S. The summed E-state index contributed by atoms with van der Waals surface area (Å²) in [5.74, 6) is -2.66. The van der Waals surface area contributed by atoms with Gasteiger partial charge < -0.3 is 15.3 Å². The average Bonchev–Trinajstić information content (AvgIpc) is 3.78. The summed E-state index contributed by atoms with van der Waals surface area (Å²) in [7, 11) is 0. The fraction of sp³-hybridized carbons (Fsp3) is 0.345. The lowest BCUT2D eigenvalue weighted by Gasteiger charge is -2.50. The van der Waals surface area contributed by atoms with Gasteiger partial charge in [0, 0.05) is 46.5 Å². The van der Waals surface area contributed by atoms with Gasteiger partial charge in [-0.1, -0.05) is 24.3 Å². The zero-order valence-electron chi connectivity index (χ0n) is 21.3. The number of rotatable bonds is 4. The summed E-state index contributed by atoms with van der Waals surface area (Å²) >= 11 is 1.40. The van der Waals surface area contributed by atoms with Crippen LogP contribution in [-0.2, 0) is 10.5 Å². The van der Waals surface area contributed by atoms with Crippen LogP contribution in [0.2, 0.25) is 0 Å². The highest BCUT2D eigenvalue weighted by atomic mass is 32.2. The Morgan fingerprint density at radius 3 is 2.58 bits per heavy atom. The van der Waals surface area contributed by atoms with E-state index < -0.39 is 34.8 Å². The molecule has 1 atom stereocenters. The molecule has 8 nitrogen and oxygen atoms in total. The normalized spacial score (nSPS) is 23.4. The van der Waals surface area contributed by atoms with Crippen LogP contribution in [-0.4, -0.2) is 45.2 Å². The second kappa shape index (κ2) is 9.36. The smallest absolute Gasteiger partial charge is 0.278 e. The third kappa shape index (κ3) is 3.97. The van der Waals surface area contributed by atoms with Crippen LogP contribution in [0, 0.1) is 17.6 Å². The molecule has 2 fully saturated rings. The number of benzene rings is 2. The first-order valence-electron chi connectivity index (χ1n) is 13.3. The van der Waals surface area contributed by atoms with E-state index in [-0.39, 0.29) is 47.6 Å². The first-order chi connectivity index (χ1) is 19.3. The van der Waals surface area contributed by atoms with Crippen molar-refractivity contribution in [3.63, 3.8) is 0 Å². The van der Waals surface area contributed by atoms with E-state index in [0.29, 0.717) is 18.4 Å². The zero-order valence-corrected chi connectivity index (χ0v) is 22.2. The maximum atomic E-state index is 15.2. The van der Waals surface area contributed by atoms with Crippen molar-refractivity contribution in [1.29, 1.82) is 0 Å². The van der Waals surface area contributed by atoms with E-state index in [1.807, 2.05) is 29.3 Å². The highest BCUT2D eigenvalue weighted by Gasteiger charge is 2.45. The maximum Gasteiger partial charge on any atom is 0.278 e. The second-order valence-corrected chi connectivity index (χ2v) is 11.9. The monoisotopic (exact) mass is 564 g/mol. The van der Waals surface area contributed by atoms with Gasteiger partial charge in [-0.15, -0.1) is 11.8 Å². The first kappa shape index (κ1) is 25.1. The van der Waals surface area contributed by atoms with Crippen LogP contribution in [0.15, 0.2) is 58.4 Å². The minimum absolute atomic E-state index is 0.0445. The molecule has 0 radical (unpaired) electrons. The molecule has 4 aliphatic rings. The van der Waals surface area contributed by atoms with Crippen molar-refractivity contribution in [2.24, 2.45) is 5.92 Å². The molecule has 0 bridgehead atoms. The van der Waals surface area contributed by atoms with Gasteiger partial charge in [0.2, 0.25) is 11.3 Å². The number of nitrogens with zero attached hydrogens (tertiary/aromatic N) is 3. The molecule has 2 aliphatic heterocycles.